The van der Waals surface area contributed by atoms with Crippen molar-refractivity contribution in [3.05, 3.63) is 88.5 Å². The summed E-state index contributed by atoms with van der Waals surface area (Å²) in [5.41, 5.74) is 3.29. The Hall–Kier alpha value is -3.15. The summed E-state index contributed by atoms with van der Waals surface area (Å²) < 4.78 is 27.5. The van der Waals surface area contributed by atoms with Crippen LogP contribution in [0.2, 0.25) is 0 Å². The number of hydrogen-bond donors (Lipinski definition) is 1. The number of hydrogen-bond acceptors (Lipinski definition) is 3. The fraction of sp³-hybridized carbons (Fsp3) is 0.320. The van der Waals surface area contributed by atoms with Crippen LogP contribution in [-0.2, 0) is 11.3 Å². The molecule has 4 nitrogen and oxygen atoms in total. The van der Waals surface area contributed by atoms with Crippen LogP contribution >= 0.6 is 0 Å². The number of carbonyl (C=O) groups excluding carboxylic acids is 1. The van der Waals surface area contributed by atoms with E-state index in [0.29, 0.717) is 24.2 Å². The number of azo groups is 1. The van der Waals surface area contributed by atoms with Gasteiger partial charge in [0, 0.05) is 12.1 Å². The van der Waals surface area contributed by atoms with E-state index in [2.05, 4.69) is 15.5 Å². The summed E-state index contributed by atoms with van der Waals surface area (Å²) in [7, 11) is 0. The molecule has 3 aliphatic rings. The van der Waals surface area contributed by atoms with Gasteiger partial charge in [-0.2, -0.15) is 10.2 Å². The predicted octanol–water partition coefficient (Wildman–Crippen LogP) is 5.57. The lowest BCUT2D eigenvalue weighted by Gasteiger charge is -2.37. The van der Waals surface area contributed by atoms with Crippen molar-refractivity contribution in [3.8, 4) is 0 Å². The smallest absolute Gasteiger partial charge is 0.229 e. The maximum absolute atomic E-state index is 14.4. The van der Waals surface area contributed by atoms with Crippen LogP contribution in [0.3, 0.4) is 0 Å². The van der Waals surface area contributed by atoms with Gasteiger partial charge in [0.05, 0.1) is 11.1 Å². The Morgan fingerprint density at radius 2 is 1.94 bits per heavy atom. The highest BCUT2D eigenvalue weighted by atomic mass is 19.1. The van der Waals surface area contributed by atoms with Crippen LogP contribution in [0, 0.1) is 23.0 Å². The summed E-state index contributed by atoms with van der Waals surface area (Å²) in [6.07, 6.45) is 4.29. The van der Waals surface area contributed by atoms with Crippen molar-refractivity contribution in [3.63, 3.8) is 0 Å². The Labute approximate surface area is 179 Å². The Balaban J connectivity index is 1.44. The SMILES string of the molecule is CC1=C2C=C(c3ccccc3F)N=NC1[C@]1(C(=O)NCc3ccc(F)cc3)CC[C@H]2C1. The van der Waals surface area contributed by atoms with Crippen LogP contribution < -0.4 is 5.32 Å². The topological polar surface area (TPSA) is 53.8 Å². The number of fused-ring (bicyclic) bond motifs is 5. The molecule has 1 heterocycles. The summed E-state index contributed by atoms with van der Waals surface area (Å²) in [6, 6.07) is 12.3. The standard InChI is InChI=1S/C25H23F2N3O/c1-15-20-12-22(19-4-2-3-5-21(19)27)29-30-23(15)25(11-10-17(20)13-25)24(31)28-14-16-6-8-18(26)9-7-16/h2-9,12,17,23H,10-11,13-14H2,1H3,(H,28,31)/t17-,23?,25-/m0/s1. The molecule has 0 aromatic heterocycles. The molecule has 2 aromatic rings. The highest BCUT2D eigenvalue weighted by molar-refractivity contribution is 5.85. The van der Waals surface area contributed by atoms with Crippen LogP contribution in [-0.4, -0.2) is 11.9 Å². The number of rotatable bonds is 4. The molecule has 1 saturated carbocycles. The third-order valence-electron chi connectivity index (χ3n) is 6.92. The van der Waals surface area contributed by atoms with E-state index in [0.717, 1.165) is 29.6 Å². The van der Waals surface area contributed by atoms with Crippen molar-refractivity contribution in [2.24, 2.45) is 21.6 Å². The maximum atomic E-state index is 14.4. The van der Waals surface area contributed by atoms with Gasteiger partial charge in [-0.25, -0.2) is 8.78 Å². The average molecular weight is 419 g/mol. The van der Waals surface area contributed by atoms with E-state index in [1.165, 1.54) is 18.2 Å². The molecule has 1 fully saturated rings. The van der Waals surface area contributed by atoms with Crippen molar-refractivity contribution in [1.29, 1.82) is 0 Å². The van der Waals surface area contributed by atoms with E-state index < -0.39 is 5.41 Å². The number of halogens is 2. The van der Waals surface area contributed by atoms with Crippen LogP contribution in [0.1, 0.15) is 37.3 Å². The van der Waals surface area contributed by atoms with Gasteiger partial charge in [-0.3, -0.25) is 4.79 Å². The van der Waals surface area contributed by atoms with Crippen molar-refractivity contribution < 1.29 is 13.6 Å². The molecular weight excluding hydrogens is 396 g/mol. The van der Waals surface area contributed by atoms with Gasteiger partial charge in [0.1, 0.15) is 17.7 Å². The lowest BCUT2D eigenvalue weighted by atomic mass is 9.69. The first-order valence-corrected chi connectivity index (χ1v) is 10.6. The Morgan fingerprint density at radius 3 is 2.71 bits per heavy atom. The molecule has 2 aromatic carbocycles. The van der Waals surface area contributed by atoms with E-state index in [9.17, 15) is 13.6 Å². The zero-order valence-electron chi connectivity index (χ0n) is 17.2. The number of amides is 1. The molecular formula is C25H23F2N3O. The van der Waals surface area contributed by atoms with E-state index in [-0.39, 0.29) is 29.5 Å². The summed E-state index contributed by atoms with van der Waals surface area (Å²) in [6.45, 7) is 2.35. The van der Waals surface area contributed by atoms with Crippen molar-refractivity contribution in [2.75, 3.05) is 0 Å². The molecule has 6 heteroatoms. The zero-order valence-corrected chi connectivity index (χ0v) is 17.2. The molecule has 0 saturated heterocycles. The summed E-state index contributed by atoms with van der Waals surface area (Å²) in [5, 5.41) is 12.0. The number of nitrogens with one attached hydrogen (secondary N) is 1. The average Bonchev–Trinajstić information content (AvgIpc) is 3.12. The third kappa shape index (κ3) is 3.30. The second-order valence-corrected chi connectivity index (χ2v) is 8.67. The van der Waals surface area contributed by atoms with Gasteiger partial charge < -0.3 is 5.32 Å². The molecule has 31 heavy (non-hydrogen) atoms. The fourth-order valence-corrected chi connectivity index (χ4v) is 5.30. The maximum Gasteiger partial charge on any atom is 0.229 e. The molecule has 0 radical (unpaired) electrons. The highest BCUT2D eigenvalue weighted by Crippen LogP contribution is 2.56. The number of benzene rings is 2. The largest absolute Gasteiger partial charge is 0.351 e. The summed E-state index contributed by atoms with van der Waals surface area (Å²) >= 11 is 0. The first-order valence-electron chi connectivity index (χ1n) is 10.6. The Morgan fingerprint density at radius 1 is 1.16 bits per heavy atom. The molecule has 0 spiro atoms. The lowest BCUT2D eigenvalue weighted by molar-refractivity contribution is -0.132. The molecule has 1 amide bonds. The minimum Gasteiger partial charge on any atom is -0.351 e. The van der Waals surface area contributed by atoms with Crippen molar-refractivity contribution >= 4 is 11.6 Å². The molecule has 5 rings (SSSR count). The summed E-state index contributed by atoms with van der Waals surface area (Å²) in [5.74, 6) is -0.446. The molecule has 158 valence electrons. The molecule has 4 bridgehead atoms. The lowest BCUT2D eigenvalue weighted by Crippen LogP contribution is -2.48. The van der Waals surface area contributed by atoms with Crippen LogP contribution in [0.4, 0.5) is 8.78 Å². The highest BCUT2D eigenvalue weighted by Gasteiger charge is 2.56. The molecule has 3 atom stereocenters. The monoisotopic (exact) mass is 419 g/mol. The number of carbonyl (C=O) groups is 1. The van der Waals surface area contributed by atoms with E-state index in [1.807, 2.05) is 13.0 Å². The first kappa shape index (κ1) is 19.8. The van der Waals surface area contributed by atoms with Gasteiger partial charge in [-0.1, -0.05) is 24.3 Å². The fourth-order valence-electron chi connectivity index (χ4n) is 5.30. The van der Waals surface area contributed by atoms with Gasteiger partial charge in [0.15, 0.2) is 0 Å². The third-order valence-corrected chi connectivity index (χ3v) is 6.92. The van der Waals surface area contributed by atoms with E-state index in [4.69, 9.17) is 0 Å². The quantitative estimate of drug-likeness (QED) is 0.692. The van der Waals surface area contributed by atoms with Gasteiger partial charge >= 0.3 is 0 Å². The number of nitrogens with zero attached hydrogens (tertiary/aromatic N) is 2. The molecule has 2 aliphatic carbocycles. The predicted molar refractivity (Wildman–Crippen MR) is 114 cm³/mol. The molecule has 1 aliphatic heterocycles. The van der Waals surface area contributed by atoms with Gasteiger partial charge in [0.25, 0.3) is 0 Å². The molecule has 1 unspecified atom stereocenters. The van der Waals surface area contributed by atoms with Gasteiger partial charge in [-0.05, 0) is 79.2 Å². The zero-order chi connectivity index (χ0) is 21.6. The number of allylic oxidation sites excluding steroid dienone is 2. The molecule has 1 N–H and O–H groups in total. The minimum absolute atomic E-state index is 0.0454. The van der Waals surface area contributed by atoms with E-state index >= 15 is 0 Å². The van der Waals surface area contributed by atoms with Crippen molar-refractivity contribution in [1.82, 2.24) is 5.32 Å². The Kier molecular flexibility index (Phi) is 4.80. The minimum atomic E-state index is -0.652. The van der Waals surface area contributed by atoms with Crippen molar-refractivity contribution in [2.45, 2.75) is 38.8 Å². The summed E-state index contributed by atoms with van der Waals surface area (Å²) in [4.78, 5) is 13.4. The van der Waals surface area contributed by atoms with Crippen LogP contribution in [0.25, 0.3) is 5.70 Å². The second kappa shape index (κ2) is 7.52. The second-order valence-electron chi connectivity index (χ2n) is 8.67. The van der Waals surface area contributed by atoms with Crippen LogP contribution in [0.15, 0.2) is 76.0 Å². The van der Waals surface area contributed by atoms with E-state index in [1.54, 1.807) is 30.3 Å². The van der Waals surface area contributed by atoms with Gasteiger partial charge in [0.2, 0.25) is 5.91 Å². The normalized spacial score (nSPS) is 26.5. The van der Waals surface area contributed by atoms with Crippen LogP contribution in [0.5, 0.6) is 0 Å². The first-order chi connectivity index (χ1) is 15.0. The van der Waals surface area contributed by atoms with Gasteiger partial charge in [-0.15, -0.1) is 0 Å². The Bertz CT molecular complexity index is 1140.